The quantitative estimate of drug-likeness (QED) is 0.0545. The first-order valence-electron chi connectivity index (χ1n) is 17.5. The van der Waals surface area contributed by atoms with Gasteiger partial charge in [-0.1, -0.05) is 63.6 Å². The van der Waals surface area contributed by atoms with E-state index in [4.69, 9.17) is 9.47 Å². The number of halogens is 5. The molecule has 1 aliphatic carbocycles. The third kappa shape index (κ3) is 13.7. The molecule has 5 unspecified atom stereocenters. The summed E-state index contributed by atoms with van der Waals surface area (Å²) >= 11 is 0. The highest BCUT2D eigenvalue weighted by Crippen LogP contribution is 2.50. The highest BCUT2D eigenvalue weighted by atomic mass is 32.2. The maximum absolute atomic E-state index is 13.0. The third-order valence-corrected chi connectivity index (χ3v) is 12.2. The van der Waals surface area contributed by atoms with Crippen LogP contribution in [0.2, 0.25) is 0 Å². The van der Waals surface area contributed by atoms with Gasteiger partial charge in [-0.3, -0.25) is 22.2 Å². The predicted molar refractivity (Wildman–Crippen MR) is 195 cm³/mol. The first-order chi connectivity index (χ1) is 24.4. The zero-order valence-electron chi connectivity index (χ0n) is 29.9. The number of rotatable bonds is 21. The van der Waals surface area contributed by atoms with Crippen LogP contribution in [0.25, 0.3) is 0 Å². The summed E-state index contributed by atoms with van der Waals surface area (Å²) in [5.74, 6) is -5.18. The molecule has 15 heteroatoms. The zero-order valence-corrected chi connectivity index (χ0v) is 32.4. The fraction of sp³-hybridized carbons (Fsp3) is 0.622. The SMILES string of the molecule is CS(=O)CC(=O)Oc1ccc(C2(C)CCc3cc(OC(=O)CS(C)=O)ccc3C2CCCCCCCCCS(=O)CCCC(F)(F)C(F)(F)F)cc1. The second kappa shape index (κ2) is 20.2. The Kier molecular flexibility index (Phi) is 17.1. The van der Waals surface area contributed by atoms with E-state index >= 15 is 0 Å². The lowest BCUT2D eigenvalue weighted by Gasteiger charge is -2.44. The summed E-state index contributed by atoms with van der Waals surface area (Å²) in [6.07, 6.45) is 4.21. The third-order valence-electron chi connectivity index (χ3n) is 9.43. The van der Waals surface area contributed by atoms with Crippen molar-refractivity contribution in [2.24, 2.45) is 0 Å². The van der Waals surface area contributed by atoms with Gasteiger partial charge in [0.15, 0.2) is 0 Å². The number of alkyl halides is 5. The van der Waals surface area contributed by atoms with E-state index in [1.807, 2.05) is 24.3 Å². The van der Waals surface area contributed by atoms with Crippen molar-refractivity contribution < 1.29 is 53.6 Å². The van der Waals surface area contributed by atoms with E-state index < -0.39 is 69.3 Å². The lowest BCUT2D eigenvalue weighted by molar-refractivity contribution is -0.284. The molecule has 0 radical (unpaired) electrons. The highest BCUT2D eigenvalue weighted by Gasteiger charge is 2.56. The van der Waals surface area contributed by atoms with Crippen molar-refractivity contribution in [2.45, 2.75) is 107 Å². The smallest absolute Gasteiger partial charge is 0.426 e. The maximum Gasteiger partial charge on any atom is 0.453 e. The van der Waals surface area contributed by atoms with Gasteiger partial charge in [-0.2, -0.15) is 22.0 Å². The van der Waals surface area contributed by atoms with Gasteiger partial charge in [0.05, 0.1) is 0 Å². The molecule has 0 N–H and O–H groups in total. The Labute approximate surface area is 310 Å². The molecule has 2 aromatic rings. The van der Waals surface area contributed by atoms with Crippen molar-refractivity contribution in [1.29, 1.82) is 0 Å². The van der Waals surface area contributed by atoms with Crippen LogP contribution in [0.5, 0.6) is 11.5 Å². The molecular formula is C37H49F5O7S3. The number of carbonyl (C=O) groups is 2. The molecule has 2 aromatic carbocycles. The Morgan fingerprint density at radius 2 is 1.27 bits per heavy atom. The molecule has 0 aliphatic heterocycles. The van der Waals surface area contributed by atoms with E-state index in [-0.39, 0.29) is 28.6 Å². The second-order valence-electron chi connectivity index (χ2n) is 13.7. The van der Waals surface area contributed by atoms with E-state index in [1.54, 1.807) is 18.2 Å². The normalized spacial score (nSPS) is 19.3. The fourth-order valence-electron chi connectivity index (χ4n) is 6.69. The monoisotopic (exact) mass is 796 g/mol. The first kappa shape index (κ1) is 43.9. The van der Waals surface area contributed by atoms with E-state index in [2.05, 4.69) is 6.92 Å². The second-order valence-corrected chi connectivity index (χ2v) is 18.2. The van der Waals surface area contributed by atoms with Gasteiger partial charge in [-0.15, -0.1) is 0 Å². The van der Waals surface area contributed by atoms with Gasteiger partial charge in [-0.25, -0.2) is 0 Å². The molecule has 5 atom stereocenters. The fourth-order valence-corrected chi connectivity index (χ4v) is 8.66. The highest BCUT2D eigenvalue weighted by molar-refractivity contribution is 7.85. The van der Waals surface area contributed by atoms with E-state index in [0.29, 0.717) is 23.7 Å². The van der Waals surface area contributed by atoms with Crippen molar-refractivity contribution in [3.63, 3.8) is 0 Å². The lowest BCUT2D eigenvalue weighted by Crippen LogP contribution is -2.36. The molecule has 0 saturated carbocycles. The Bertz CT molecular complexity index is 1570. The molecule has 1 aliphatic rings. The Balaban J connectivity index is 1.56. The van der Waals surface area contributed by atoms with E-state index in [0.717, 1.165) is 68.9 Å². The van der Waals surface area contributed by atoms with Gasteiger partial charge in [-0.05, 0) is 84.4 Å². The topological polar surface area (TPSA) is 104 Å². The standard InChI is InChI=1S/C37H49F5O7S3/c1-35(28-13-15-29(16-14-28)48-33(43)25-50(2)45)21-19-27-24-30(49-34(44)26-51(3)46)17-18-31(27)32(35)12-9-7-5-4-6-8-10-22-52(47)23-11-20-36(38,39)37(40,41)42/h13-18,24,32H,4-12,19-23,25-26H2,1-3H3. The molecule has 0 spiro atoms. The van der Waals surface area contributed by atoms with Crippen LogP contribution in [0.15, 0.2) is 42.5 Å². The molecule has 0 amide bonds. The first-order valence-corrected chi connectivity index (χ1v) is 22.4. The van der Waals surface area contributed by atoms with Crippen LogP contribution in [-0.2, 0) is 53.8 Å². The molecule has 0 heterocycles. The number of hydrogen-bond donors (Lipinski definition) is 0. The molecule has 7 nitrogen and oxygen atoms in total. The molecule has 52 heavy (non-hydrogen) atoms. The van der Waals surface area contributed by atoms with Crippen LogP contribution in [-0.4, -0.2) is 72.2 Å². The van der Waals surface area contributed by atoms with Crippen molar-refractivity contribution in [1.82, 2.24) is 0 Å². The summed E-state index contributed by atoms with van der Waals surface area (Å²) in [6, 6.07) is 13.1. The number of unbranched alkanes of at least 4 members (excludes halogenated alkanes) is 6. The number of aryl methyl sites for hydroxylation is 1. The van der Waals surface area contributed by atoms with Crippen molar-refractivity contribution in [3.05, 3.63) is 59.2 Å². The Morgan fingerprint density at radius 1 is 0.750 bits per heavy atom. The minimum absolute atomic E-state index is 0.131. The summed E-state index contributed by atoms with van der Waals surface area (Å²) in [4.78, 5) is 24.2. The average Bonchev–Trinajstić information content (AvgIpc) is 3.03. The summed E-state index contributed by atoms with van der Waals surface area (Å²) in [7, 11) is -4.04. The number of ether oxygens (including phenoxy) is 2. The summed E-state index contributed by atoms with van der Waals surface area (Å²) in [6.45, 7) is 2.23. The molecule has 0 saturated heterocycles. The molecular weight excluding hydrogens is 748 g/mol. The van der Waals surface area contributed by atoms with Gasteiger partial charge in [0.2, 0.25) is 0 Å². The Morgan fingerprint density at radius 3 is 1.85 bits per heavy atom. The minimum atomic E-state index is -5.58. The van der Waals surface area contributed by atoms with Crippen LogP contribution in [0.3, 0.4) is 0 Å². The lowest BCUT2D eigenvalue weighted by atomic mass is 9.60. The van der Waals surface area contributed by atoms with Crippen LogP contribution in [0.1, 0.15) is 100 Å². The predicted octanol–water partition coefficient (Wildman–Crippen LogP) is 8.09. The summed E-state index contributed by atoms with van der Waals surface area (Å²) in [5.41, 5.74) is 3.10. The molecule has 292 valence electrons. The average molecular weight is 797 g/mol. The number of carbonyl (C=O) groups excluding carboxylic acids is 2. The van der Waals surface area contributed by atoms with Gasteiger partial charge in [0.25, 0.3) is 0 Å². The van der Waals surface area contributed by atoms with Gasteiger partial charge in [0, 0.05) is 62.8 Å². The molecule has 0 aromatic heterocycles. The molecule has 0 bridgehead atoms. The number of hydrogen-bond acceptors (Lipinski definition) is 7. The van der Waals surface area contributed by atoms with Gasteiger partial charge in [0.1, 0.15) is 23.0 Å². The molecule has 0 fully saturated rings. The summed E-state index contributed by atoms with van der Waals surface area (Å²) < 4.78 is 109. The van der Waals surface area contributed by atoms with Crippen LogP contribution in [0, 0.1) is 0 Å². The minimum Gasteiger partial charge on any atom is -0.426 e. The van der Waals surface area contributed by atoms with Crippen LogP contribution < -0.4 is 9.47 Å². The Hall–Kier alpha value is -2.52. The van der Waals surface area contributed by atoms with Crippen molar-refractivity contribution in [2.75, 3.05) is 35.5 Å². The number of esters is 2. The van der Waals surface area contributed by atoms with Crippen molar-refractivity contribution in [3.8, 4) is 11.5 Å². The van der Waals surface area contributed by atoms with E-state index in [1.165, 1.54) is 18.1 Å². The number of fused-ring (bicyclic) bond motifs is 1. The maximum atomic E-state index is 13.0. The van der Waals surface area contributed by atoms with Crippen LogP contribution >= 0.6 is 0 Å². The van der Waals surface area contributed by atoms with Gasteiger partial charge < -0.3 is 9.47 Å². The summed E-state index contributed by atoms with van der Waals surface area (Å²) in [5, 5.41) is 0. The number of benzene rings is 2. The zero-order chi connectivity index (χ0) is 38.5. The van der Waals surface area contributed by atoms with Gasteiger partial charge >= 0.3 is 24.0 Å². The molecule has 3 rings (SSSR count). The van der Waals surface area contributed by atoms with Crippen LogP contribution in [0.4, 0.5) is 22.0 Å². The largest absolute Gasteiger partial charge is 0.453 e. The van der Waals surface area contributed by atoms with Crippen molar-refractivity contribution >= 4 is 44.3 Å². The van der Waals surface area contributed by atoms with E-state index in [9.17, 15) is 44.2 Å².